The minimum Gasteiger partial charge on any atom is -0.378 e. The van der Waals surface area contributed by atoms with Crippen LogP contribution in [0.15, 0.2) is 65.7 Å². The number of halogens is 1. The molecule has 1 fully saturated rings. The van der Waals surface area contributed by atoms with Gasteiger partial charge < -0.3 is 10.5 Å². The van der Waals surface area contributed by atoms with Gasteiger partial charge in [-0.05, 0) is 48.6 Å². The van der Waals surface area contributed by atoms with Crippen LogP contribution in [0, 0.1) is 0 Å². The number of ether oxygens (including phenoxy) is 1. The average Bonchev–Trinajstić information content (AvgIpc) is 2.78. The molecule has 0 bridgehead atoms. The molecule has 5 rings (SSSR count). The summed E-state index contributed by atoms with van der Waals surface area (Å²) in [6.07, 6.45) is 1.85. The molecule has 3 aromatic carbocycles. The lowest BCUT2D eigenvalue weighted by Gasteiger charge is -2.41. The third-order valence-corrected chi connectivity index (χ3v) is 7.26. The Labute approximate surface area is 199 Å². The van der Waals surface area contributed by atoms with Gasteiger partial charge in [0, 0.05) is 18.2 Å². The number of nitrogens with zero attached hydrogens (tertiary/aromatic N) is 2. The molecule has 2 N–H and O–H groups in total. The van der Waals surface area contributed by atoms with Gasteiger partial charge in [-0.1, -0.05) is 72.3 Å². The van der Waals surface area contributed by atoms with Crippen molar-refractivity contribution in [2.45, 2.75) is 50.8 Å². The molecule has 0 saturated carbocycles. The number of nitrogens with two attached hydrogens (primary N) is 1. The zero-order valence-electron chi connectivity index (χ0n) is 18.9. The summed E-state index contributed by atoms with van der Waals surface area (Å²) in [7, 11) is 0. The van der Waals surface area contributed by atoms with Crippen molar-refractivity contribution in [1.29, 1.82) is 0 Å². The van der Waals surface area contributed by atoms with E-state index in [0.717, 1.165) is 40.3 Å². The minimum absolute atomic E-state index is 0.0178. The summed E-state index contributed by atoms with van der Waals surface area (Å²) in [4.78, 5) is 19.8. The van der Waals surface area contributed by atoms with E-state index in [1.807, 2.05) is 50.2 Å². The lowest BCUT2D eigenvalue weighted by molar-refractivity contribution is -0.133. The molecule has 1 amide bonds. The van der Waals surface area contributed by atoms with Crippen LogP contribution in [0.5, 0.6) is 0 Å². The van der Waals surface area contributed by atoms with Crippen LogP contribution >= 0.6 is 11.6 Å². The van der Waals surface area contributed by atoms with Crippen LogP contribution in [-0.2, 0) is 15.1 Å². The second kappa shape index (κ2) is 8.47. The zero-order chi connectivity index (χ0) is 23.2. The fourth-order valence-electron chi connectivity index (χ4n) is 5.22. The average molecular weight is 462 g/mol. The molecule has 2 heterocycles. The second-order valence-corrected chi connectivity index (χ2v) is 9.62. The van der Waals surface area contributed by atoms with Gasteiger partial charge in [0.05, 0.1) is 23.1 Å². The number of guanidine groups is 1. The number of hydrogen-bond donors (Lipinski definition) is 1. The molecule has 3 aromatic rings. The Morgan fingerprint density at radius 1 is 1.09 bits per heavy atom. The van der Waals surface area contributed by atoms with Gasteiger partial charge in [0.2, 0.25) is 5.91 Å². The van der Waals surface area contributed by atoms with E-state index in [-0.39, 0.29) is 30.4 Å². The van der Waals surface area contributed by atoms with E-state index in [1.54, 1.807) is 4.90 Å². The first kappa shape index (κ1) is 21.9. The van der Waals surface area contributed by atoms with E-state index < -0.39 is 5.54 Å². The molecule has 3 atom stereocenters. The van der Waals surface area contributed by atoms with Crippen LogP contribution < -0.4 is 5.73 Å². The van der Waals surface area contributed by atoms with Crippen LogP contribution in [0.3, 0.4) is 0 Å². The summed E-state index contributed by atoms with van der Waals surface area (Å²) < 4.78 is 5.64. The van der Waals surface area contributed by atoms with Crippen molar-refractivity contribution in [3.05, 3.63) is 71.2 Å². The third-order valence-electron chi connectivity index (χ3n) is 6.85. The summed E-state index contributed by atoms with van der Waals surface area (Å²) >= 11 is 7.01. The molecule has 170 valence electrons. The molecule has 0 radical (unpaired) electrons. The highest BCUT2D eigenvalue weighted by atomic mass is 35.5. The Morgan fingerprint density at radius 2 is 1.82 bits per heavy atom. The summed E-state index contributed by atoms with van der Waals surface area (Å²) in [5, 5.41) is 2.89. The highest BCUT2D eigenvalue weighted by Gasteiger charge is 2.42. The summed E-state index contributed by atoms with van der Waals surface area (Å²) in [6, 6.07) is 20.4. The Bertz CT molecular complexity index is 1250. The first-order valence-corrected chi connectivity index (χ1v) is 11.8. The predicted octanol–water partition coefficient (Wildman–Crippen LogP) is 5.49. The highest BCUT2D eigenvalue weighted by Crippen LogP contribution is 2.43. The Balaban J connectivity index is 1.56. The van der Waals surface area contributed by atoms with Gasteiger partial charge in [-0.3, -0.25) is 9.69 Å². The van der Waals surface area contributed by atoms with E-state index >= 15 is 0 Å². The van der Waals surface area contributed by atoms with Gasteiger partial charge in [0.1, 0.15) is 0 Å². The van der Waals surface area contributed by atoms with E-state index in [2.05, 4.69) is 24.3 Å². The maximum Gasteiger partial charge on any atom is 0.232 e. The van der Waals surface area contributed by atoms with Crippen LogP contribution in [0.2, 0.25) is 5.02 Å². The van der Waals surface area contributed by atoms with Gasteiger partial charge in [-0.15, -0.1) is 0 Å². The lowest BCUT2D eigenvalue weighted by atomic mass is 9.84. The molecule has 1 saturated heterocycles. The van der Waals surface area contributed by atoms with Crippen molar-refractivity contribution < 1.29 is 9.53 Å². The van der Waals surface area contributed by atoms with Crippen LogP contribution in [-0.4, -0.2) is 35.5 Å². The molecule has 0 unspecified atom stereocenters. The largest absolute Gasteiger partial charge is 0.378 e. The third kappa shape index (κ3) is 3.90. The number of amides is 1. The molecule has 2 aliphatic rings. The number of rotatable bonds is 3. The summed E-state index contributed by atoms with van der Waals surface area (Å²) in [6.45, 7) is 4.59. The summed E-state index contributed by atoms with van der Waals surface area (Å²) in [5.41, 5.74) is 8.37. The van der Waals surface area contributed by atoms with Gasteiger partial charge in [-0.25, -0.2) is 4.99 Å². The summed E-state index contributed by atoms with van der Waals surface area (Å²) in [5.74, 6) is 0.246. The first-order chi connectivity index (χ1) is 15.9. The van der Waals surface area contributed by atoms with E-state index in [1.165, 1.54) is 0 Å². The van der Waals surface area contributed by atoms with Crippen LogP contribution in [0.4, 0.5) is 0 Å². The monoisotopic (exact) mass is 461 g/mol. The fourth-order valence-corrected chi connectivity index (χ4v) is 5.66. The zero-order valence-corrected chi connectivity index (χ0v) is 19.7. The maximum atomic E-state index is 13.3. The van der Waals surface area contributed by atoms with Gasteiger partial charge in [-0.2, -0.15) is 0 Å². The normalized spacial score (nSPS) is 25.8. The molecule has 2 aliphatic heterocycles. The number of aliphatic imine (C=N–C) groups is 1. The number of carbonyl (C=O) groups excluding carboxylic acids is 1. The maximum absolute atomic E-state index is 13.3. The smallest absolute Gasteiger partial charge is 0.232 e. The number of hydrogen-bond acceptors (Lipinski definition) is 4. The number of carbonyl (C=O) groups is 1. The van der Waals surface area contributed by atoms with Crippen molar-refractivity contribution >= 4 is 34.2 Å². The molecule has 0 spiro atoms. The van der Waals surface area contributed by atoms with Gasteiger partial charge in [0.25, 0.3) is 0 Å². The minimum atomic E-state index is -0.827. The molecule has 0 aliphatic carbocycles. The van der Waals surface area contributed by atoms with Crippen molar-refractivity contribution in [3.8, 4) is 11.1 Å². The van der Waals surface area contributed by atoms with Crippen molar-refractivity contribution in [2.75, 3.05) is 6.61 Å². The first-order valence-electron chi connectivity index (χ1n) is 11.4. The molecule has 0 aromatic heterocycles. The Kier molecular flexibility index (Phi) is 5.63. The van der Waals surface area contributed by atoms with E-state index in [4.69, 9.17) is 27.1 Å². The Morgan fingerprint density at radius 3 is 2.61 bits per heavy atom. The van der Waals surface area contributed by atoms with Crippen molar-refractivity contribution in [2.24, 2.45) is 10.7 Å². The second-order valence-electron chi connectivity index (χ2n) is 9.24. The van der Waals surface area contributed by atoms with E-state index in [9.17, 15) is 4.79 Å². The molecular formula is C27H28ClN3O2. The number of benzene rings is 3. The van der Waals surface area contributed by atoms with Crippen LogP contribution in [0.25, 0.3) is 21.9 Å². The lowest BCUT2D eigenvalue weighted by Crippen LogP contribution is -2.56. The van der Waals surface area contributed by atoms with Crippen LogP contribution in [0.1, 0.15) is 38.7 Å². The predicted molar refractivity (Wildman–Crippen MR) is 133 cm³/mol. The molecular weight excluding hydrogens is 434 g/mol. The number of fused-ring (bicyclic) bond motifs is 1. The molecule has 6 heteroatoms. The Hall–Kier alpha value is -2.89. The SMILES string of the molecule is C[C@H]1C[C@@H](N2C(=O)C[C@@](C)(c3cccc(-c4cccc5ccccc45)c3Cl)N=C2N)CCO1. The highest BCUT2D eigenvalue weighted by molar-refractivity contribution is 6.34. The standard InChI is InChI=1S/C27H28ClN3O2/c1-17-15-19(13-14-33-17)31-24(32)16-27(2,30-26(31)29)23-12-6-11-22(25(23)28)21-10-5-8-18-7-3-4-9-20(18)21/h3-12,17,19H,13-16H2,1-2H3,(H2,29,30)/t17-,19-,27-/m0/s1. The van der Waals surface area contributed by atoms with Crippen molar-refractivity contribution in [1.82, 2.24) is 4.90 Å². The van der Waals surface area contributed by atoms with E-state index in [0.29, 0.717) is 11.6 Å². The van der Waals surface area contributed by atoms with Crippen molar-refractivity contribution in [3.63, 3.8) is 0 Å². The molecule has 5 nitrogen and oxygen atoms in total. The molecule has 33 heavy (non-hydrogen) atoms. The quantitative estimate of drug-likeness (QED) is 0.560. The van der Waals surface area contributed by atoms with Gasteiger partial charge >= 0.3 is 0 Å². The van der Waals surface area contributed by atoms with Gasteiger partial charge in [0.15, 0.2) is 5.96 Å². The fraction of sp³-hybridized carbons (Fsp3) is 0.333. The topological polar surface area (TPSA) is 67.9 Å².